The minimum absolute atomic E-state index is 0.256. The Labute approximate surface area is 165 Å². The van der Waals surface area contributed by atoms with Gasteiger partial charge in [-0.25, -0.2) is 9.97 Å². The van der Waals surface area contributed by atoms with Gasteiger partial charge in [0.05, 0.1) is 11.4 Å². The minimum Gasteiger partial charge on any atom is -0.406 e. The first-order valence-corrected chi connectivity index (χ1v) is 8.99. The number of alkyl halides is 3. The Hall–Kier alpha value is -3.20. The van der Waals surface area contributed by atoms with Crippen molar-refractivity contribution in [2.75, 3.05) is 12.3 Å². The number of pyridine rings is 1. The fourth-order valence-corrected chi connectivity index (χ4v) is 3.30. The average Bonchev–Trinajstić information content (AvgIpc) is 2.68. The molecule has 3 aromatic rings. The van der Waals surface area contributed by atoms with E-state index in [1.807, 2.05) is 12.1 Å². The summed E-state index contributed by atoms with van der Waals surface area (Å²) in [5, 5.41) is 0. The molecule has 0 unspecified atom stereocenters. The van der Waals surface area contributed by atoms with Gasteiger partial charge in [0.2, 0.25) is 5.95 Å². The van der Waals surface area contributed by atoms with Gasteiger partial charge in [-0.2, -0.15) is 0 Å². The molecule has 1 aliphatic heterocycles. The van der Waals surface area contributed by atoms with Gasteiger partial charge in [0.15, 0.2) is 0 Å². The topological polar surface area (TPSA) is 77.2 Å². The zero-order chi connectivity index (χ0) is 20.4. The smallest absolute Gasteiger partial charge is 0.406 e. The maximum Gasteiger partial charge on any atom is 0.573 e. The molecule has 1 aromatic carbocycles. The lowest BCUT2D eigenvalue weighted by Crippen LogP contribution is -2.31. The van der Waals surface area contributed by atoms with Gasteiger partial charge in [-0.15, -0.1) is 13.2 Å². The van der Waals surface area contributed by atoms with Crippen LogP contribution < -0.4 is 10.5 Å². The average molecular weight is 401 g/mol. The third kappa shape index (κ3) is 4.80. The largest absolute Gasteiger partial charge is 0.573 e. The van der Waals surface area contributed by atoms with E-state index >= 15 is 0 Å². The number of fused-ring (bicyclic) bond motifs is 1. The van der Waals surface area contributed by atoms with Crippen LogP contribution in [0.25, 0.3) is 11.3 Å². The van der Waals surface area contributed by atoms with Crippen molar-refractivity contribution >= 4 is 5.95 Å². The molecule has 0 radical (unpaired) electrons. The Balaban J connectivity index is 1.40. The molecule has 0 bridgehead atoms. The van der Waals surface area contributed by atoms with E-state index in [2.05, 4.69) is 24.6 Å². The first kappa shape index (κ1) is 19.1. The Morgan fingerprint density at radius 1 is 1.03 bits per heavy atom. The predicted molar refractivity (Wildman–Crippen MR) is 101 cm³/mol. The van der Waals surface area contributed by atoms with E-state index in [1.165, 1.54) is 12.1 Å². The summed E-state index contributed by atoms with van der Waals surface area (Å²) < 4.78 is 40.6. The number of anilines is 1. The number of nitrogen functional groups attached to an aromatic ring is 1. The van der Waals surface area contributed by atoms with Crippen LogP contribution in [-0.2, 0) is 19.5 Å². The molecule has 3 heterocycles. The number of ether oxygens (including phenoxy) is 1. The standard InChI is InChI=1S/C20H18F3N5O/c21-20(22,23)29-16-4-2-14(3-5-16)17-6-1-13(9-25-17)11-28-8-7-18-15(12-28)10-26-19(24)27-18/h1-6,9-10H,7-8,11-12H2,(H2,24,26,27). The fourth-order valence-electron chi connectivity index (χ4n) is 3.30. The van der Waals surface area contributed by atoms with Gasteiger partial charge >= 0.3 is 6.36 Å². The molecule has 0 saturated heterocycles. The zero-order valence-corrected chi connectivity index (χ0v) is 15.4. The number of hydrogen-bond donors (Lipinski definition) is 1. The van der Waals surface area contributed by atoms with Crippen molar-refractivity contribution in [2.45, 2.75) is 25.9 Å². The van der Waals surface area contributed by atoms with Crippen molar-refractivity contribution in [3.63, 3.8) is 0 Å². The number of aromatic nitrogens is 3. The van der Waals surface area contributed by atoms with Gasteiger partial charge in [-0.3, -0.25) is 9.88 Å². The molecule has 6 nitrogen and oxygen atoms in total. The number of rotatable bonds is 4. The Kier molecular flexibility index (Phi) is 5.06. The predicted octanol–water partition coefficient (Wildman–Crippen LogP) is 3.58. The van der Waals surface area contributed by atoms with E-state index in [1.54, 1.807) is 24.5 Å². The molecule has 4 rings (SSSR count). The second kappa shape index (κ2) is 7.67. The second-order valence-electron chi connectivity index (χ2n) is 6.78. The summed E-state index contributed by atoms with van der Waals surface area (Å²) in [6.45, 7) is 2.35. The summed E-state index contributed by atoms with van der Waals surface area (Å²) in [4.78, 5) is 15.1. The molecule has 9 heteroatoms. The quantitative estimate of drug-likeness (QED) is 0.720. The van der Waals surface area contributed by atoms with Crippen molar-refractivity contribution in [1.29, 1.82) is 0 Å². The Morgan fingerprint density at radius 2 is 1.83 bits per heavy atom. The van der Waals surface area contributed by atoms with Crippen LogP contribution >= 0.6 is 0 Å². The van der Waals surface area contributed by atoms with Gasteiger partial charge in [0.25, 0.3) is 0 Å². The number of halogens is 3. The molecule has 0 spiro atoms. The highest BCUT2D eigenvalue weighted by atomic mass is 19.4. The van der Waals surface area contributed by atoms with E-state index in [4.69, 9.17) is 5.73 Å². The summed E-state index contributed by atoms with van der Waals surface area (Å²) >= 11 is 0. The lowest BCUT2D eigenvalue weighted by molar-refractivity contribution is -0.274. The van der Waals surface area contributed by atoms with Gasteiger partial charge in [-0.1, -0.05) is 6.07 Å². The fraction of sp³-hybridized carbons (Fsp3) is 0.250. The lowest BCUT2D eigenvalue weighted by atomic mass is 10.1. The molecule has 0 fully saturated rings. The molecular weight excluding hydrogens is 383 g/mol. The molecule has 2 aromatic heterocycles. The lowest BCUT2D eigenvalue weighted by Gasteiger charge is -2.27. The van der Waals surface area contributed by atoms with E-state index in [-0.39, 0.29) is 5.75 Å². The van der Waals surface area contributed by atoms with Crippen LogP contribution in [0, 0.1) is 0 Å². The summed E-state index contributed by atoms with van der Waals surface area (Å²) in [6, 6.07) is 9.48. The molecule has 2 N–H and O–H groups in total. The van der Waals surface area contributed by atoms with E-state index in [0.717, 1.165) is 42.9 Å². The highest BCUT2D eigenvalue weighted by Gasteiger charge is 2.31. The van der Waals surface area contributed by atoms with Crippen molar-refractivity contribution < 1.29 is 17.9 Å². The third-order valence-electron chi connectivity index (χ3n) is 4.65. The maximum atomic E-state index is 12.3. The van der Waals surface area contributed by atoms with Crippen LogP contribution in [0.1, 0.15) is 16.8 Å². The van der Waals surface area contributed by atoms with Crippen LogP contribution in [0.2, 0.25) is 0 Å². The third-order valence-corrected chi connectivity index (χ3v) is 4.65. The molecule has 29 heavy (non-hydrogen) atoms. The zero-order valence-electron chi connectivity index (χ0n) is 15.4. The normalized spacial score (nSPS) is 14.4. The monoisotopic (exact) mass is 401 g/mol. The Morgan fingerprint density at radius 3 is 2.52 bits per heavy atom. The molecular formula is C20H18F3N5O. The van der Waals surface area contributed by atoms with Crippen LogP contribution in [0.5, 0.6) is 5.75 Å². The van der Waals surface area contributed by atoms with Crippen LogP contribution in [0.15, 0.2) is 48.8 Å². The number of nitrogens with two attached hydrogens (primary N) is 1. The summed E-state index contributed by atoms with van der Waals surface area (Å²) in [7, 11) is 0. The summed E-state index contributed by atoms with van der Waals surface area (Å²) in [5.41, 5.74) is 10.2. The van der Waals surface area contributed by atoms with Crippen LogP contribution in [0.4, 0.5) is 19.1 Å². The van der Waals surface area contributed by atoms with Crippen molar-refractivity contribution in [3.05, 3.63) is 65.6 Å². The highest BCUT2D eigenvalue weighted by Crippen LogP contribution is 2.26. The summed E-state index contributed by atoms with van der Waals surface area (Å²) in [5.74, 6) is 0.0453. The SMILES string of the molecule is Nc1ncc2c(n1)CCN(Cc1ccc(-c3ccc(OC(F)(F)F)cc3)nc1)C2. The van der Waals surface area contributed by atoms with Crippen LogP contribution in [0.3, 0.4) is 0 Å². The number of benzene rings is 1. The maximum absolute atomic E-state index is 12.3. The molecule has 150 valence electrons. The first-order chi connectivity index (χ1) is 13.9. The van der Waals surface area contributed by atoms with Crippen molar-refractivity contribution in [1.82, 2.24) is 19.9 Å². The van der Waals surface area contributed by atoms with E-state index in [0.29, 0.717) is 17.2 Å². The van der Waals surface area contributed by atoms with Crippen molar-refractivity contribution in [3.8, 4) is 17.0 Å². The van der Waals surface area contributed by atoms with Crippen molar-refractivity contribution in [2.24, 2.45) is 0 Å². The number of hydrogen-bond acceptors (Lipinski definition) is 6. The molecule has 0 amide bonds. The molecule has 0 atom stereocenters. The summed E-state index contributed by atoms with van der Waals surface area (Å²) in [6.07, 6.45) is -0.323. The van der Waals surface area contributed by atoms with Gasteiger partial charge in [0.1, 0.15) is 5.75 Å². The van der Waals surface area contributed by atoms with Gasteiger partial charge in [-0.05, 0) is 35.9 Å². The molecule has 1 aliphatic rings. The number of nitrogens with zero attached hydrogens (tertiary/aromatic N) is 4. The van der Waals surface area contributed by atoms with E-state index in [9.17, 15) is 13.2 Å². The van der Waals surface area contributed by atoms with E-state index < -0.39 is 6.36 Å². The Bertz CT molecular complexity index is 990. The highest BCUT2D eigenvalue weighted by molar-refractivity contribution is 5.60. The molecule has 0 aliphatic carbocycles. The first-order valence-electron chi connectivity index (χ1n) is 8.99. The van der Waals surface area contributed by atoms with Gasteiger partial charge < -0.3 is 10.5 Å². The molecule has 0 saturated carbocycles. The van der Waals surface area contributed by atoms with Gasteiger partial charge in [0, 0.05) is 49.6 Å². The van der Waals surface area contributed by atoms with Crippen LogP contribution in [-0.4, -0.2) is 32.8 Å². The minimum atomic E-state index is -4.70. The second-order valence-corrected chi connectivity index (χ2v) is 6.78.